The number of methoxy groups -OCH3 is 1. The molecule has 2 aromatic carbocycles. The maximum absolute atomic E-state index is 13.6. The number of ether oxygens (including phenoxy) is 2. The van der Waals surface area contributed by atoms with Crippen molar-refractivity contribution in [2.45, 2.75) is 12.6 Å². The van der Waals surface area contributed by atoms with Crippen LogP contribution in [0.25, 0.3) is 0 Å². The van der Waals surface area contributed by atoms with Crippen molar-refractivity contribution in [2.75, 3.05) is 40.0 Å². The lowest BCUT2D eigenvalue weighted by molar-refractivity contribution is 0.145. The number of nitrogens with one attached hydrogen (secondary N) is 1. The average Bonchev–Trinajstić information content (AvgIpc) is 2.63. The highest BCUT2D eigenvalue weighted by Crippen LogP contribution is 2.25. The van der Waals surface area contributed by atoms with Crippen LogP contribution < -0.4 is 10.1 Å². The topological polar surface area (TPSA) is 33.7 Å². The fourth-order valence-corrected chi connectivity index (χ4v) is 3.19. The third-order valence-electron chi connectivity index (χ3n) is 4.43. The number of halogens is 2. The molecular formula is C20H26ClFN2O2. The maximum atomic E-state index is 13.6. The fourth-order valence-electron chi connectivity index (χ4n) is 3.19. The molecule has 0 aliphatic carbocycles. The molecule has 1 atom stereocenters. The molecule has 0 bridgehead atoms. The van der Waals surface area contributed by atoms with Crippen LogP contribution in [0.4, 0.5) is 4.39 Å². The Labute approximate surface area is 160 Å². The highest BCUT2D eigenvalue weighted by Gasteiger charge is 2.24. The van der Waals surface area contributed by atoms with Gasteiger partial charge in [-0.1, -0.05) is 24.3 Å². The summed E-state index contributed by atoms with van der Waals surface area (Å²) >= 11 is 0. The molecule has 0 radical (unpaired) electrons. The smallest absolute Gasteiger partial charge is 0.123 e. The van der Waals surface area contributed by atoms with E-state index >= 15 is 0 Å². The van der Waals surface area contributed by atoms with E-state index in [9.17, 15) is 4.39 Å². The average molecular weight is 381 g/mol. The standard InChI is InChI=1S/C20H25FN2O2.ClH/c1-24-10-11-25-19-7-2-4-16(12-19)15-23-9-8-22-14-20(23)17-5-3-6-18(21)13-17;/h2-7,12-13,20,22H,8-11,14-15H2,1H3;1H. The number of piperazine rings is 1. The van der Waals surface area contributed by atoms with Gasteiger partial charge in [0.1, 0.15) is 18.2 Å². The van der Waals surface area contributed by atoms with E-state index in [0.29, 0.717) is 13.2 Å². The lowest BCUT2D eigenvalue weighted by Crippen LogP contribution is -2.45. The number of rotatable bonds is 7. The Morgan fingerprint density at radius 3 is 2.81 bits per heavy atom. The van der Waals surface area contributed by atoms with Crippen molar-refractivity contribution < 1.29 is 13.9 Å². The molecule has 0 amide bonds. The maximum Gasteiger partial charge on any atom is 0.123 e. The fraction of sp³-hybridized carbons (Fsp3) is 0.400. The highest BCUT2D eigenvalue weighted by atomic mass is 35.5. The van der Waals surface area contributed by atoms with Crippen LogP contribution in [0.5, 0.6) is 5.75 Å². The first-order chi connectivity index (χ1) is 12.3. The first-order valence-corrected chi connectivity index (χ1v) is 8.67. The van der Waals surface area contributed by atoms with Gasteiger partial charge in [-0.2, -0.15) is 0 Å². The lowest BCUT2D eigenvalue weighted by Gasteiger charge is -2.36. The number of hydrogen-bond donors (Lipinski definition) is 1. The zero-order valence-electron chi connectivity index (χ0n) is 15.0. The van der Waals surface area contributed by atoms with Crippen LogP contribution in [0.15, 0.2) is 48.5 Å². The molecule has 142 valence electrons. The Bertz CT molecular complexity index is 686. The molecule has 0 aromatic heterocycles. The van der Waals surface area contributed by atoms with Gasteiger partial charge >= 0.3 is 0 Å². The molecule has 1 aliphatic rings. The second-order valence-corrected chi connectivity index (χ2v) is 6.23. The van der Waals surface area contributed by atoms with Crippen molar-refractivity contribution in [3.63, 3.8) is 0 Å². The van der Waals surface area contributed by atoms with Crippen molar-refractivity contribution in [3.05, 3.63) is 65.5 Å². The third kappa shape index (κ3) is 5.68. The van der Waals surface area contributed by atoms with E-state index in [2.05, 4.69) is 22.3 Å². The summed E-state index contributed by atoms with van der Waals surface area (Å²) < 4.78 is 24.3. The summed E-state index contributed by atoms with van der Waals surface area (Å²) in [6.07, 6.45) is 0. The molecule has 1 saturated heterocycles. The van der Waals surface area contributed by atoms with Crippen molar-refractivity contribution >= 4 is 12.4 Å². The van der Waals surface area contributed by atoms with Crippen LogP contribution >= 0.6 is 12.4 Å². The molecule has 26 heavy (non-hydrogen) atoms. The Balaban J connectivity index is 0.00000243. The van der Waals surface area contributed by atoms with E-state index in [1.54, 1.807) is 19.2 Å². The SMILES string of the molecule is COCCOc1cccc(CN2CCNCC2c2cccc(F)c2)c1.Cl. The second-order valence-electron chi connectivity index (χ2n) is 6.23. The normalized spacial score (nSPS) is 17.5. The van der Waals surface area contributed by atoms with Crippen LogP contribution in [0.2, 0.25) is 0 Å². The lowest BCUT2D eigenvalue weighted by atomic mass is 10.0. The first-order valence-electron chi connectivity index (χ1n) is 8.67. The molecular weight excluding hydrogens is 355 g/mol. The Morgan fingerprint density at radius 2 is 2.00 bits per heavy atom. The van der Waals surface area contributed by atoms with Crippen LogP contribution in [0.3, 0.4) is 0 Å². The predicted molar refractivity (Wildman–Crippen MR) is 103 cm³/mol. The molecule has 0 spiro atoms. The minimum Gasteiger partial charge on any atom is -0.491 e. The van der Waals surface area contributed by atoms with Gasteiger partial charge < -0.3 is 14.8 Å². The molecule has 0 saturated carbocycles. The highest BCUT2D eigenvalue weighted by molar-refractivity contribution is 5.85. The molecule has 1 N–H and O–H groups in total. The van der Waals surface area contributed by atoms with Gasteiger partial charge in [-0.3, -0.25) is 4.90 Å². The van der Waals surface area contributed by atoms with Crippen LogP contribution in [0, 0.1) is 5.82 Å². The van der Waals surface area contributed by atoms with Gasteiger partial charge in [-0.05, 0) is 35.4 Å². The van der Waals surface area contributed by atoms with E-state index in [-0.39, 0.29) is 24.3 Å². The molecule has 1 fully saturated rings. The van der Waals surface area contributed by atoms with Crippen molar-refractivity contribution in [3.8, 4) is 5.75 Å². The van der Waals surface area contributed by atoms with E-state index in [1.165, 1.54) is 11.6 Å². The number of hydrogen-bond acceptors (Lipinski definition) is 4. The summed E-state index contributed by atoms with van der Waals surface area (Å²) in [5, 5.41) is 3.41. The van der Waals surface area contributed by atoms with Gasteiger partial charge in [0.05, 0.1) is 6.61 Å². The molecule has 6 heteroatoms. The van der Waals surface area contributed by atoms with E-state index < -0.39 is 0 Å². The van der Waals surface area contributed by atoms with E-state index in [0.717, 1.165) is 37.5 Å². The zero-order chi connectivity index (χ0) is 17.5. The Hall–Kier alpha value is -1.66. The van der Waals surface area contributed by atoms with Gasteiger partial charge in [-0.15, -0.1) is 12.4 Å². The van der Waals surface area contributed by atoms with Crippen molar-refractivity contribution in [1.82, 2.24) is 10.2 Å². The largest absolute Gasteiger partial charge is 0.491 e. The molecule has 2 aromatic rings. The Kier molecular flexibility index (Phi) is 8.32. The zero-order valence-corrected chi connectivity index (χ0v) is 15.8. The monoisotopic (exact) mass is 380 g/mol. The summed E-state index contributed by atoms with van der Waals surface area (Å²) in [7, 11) is 1.66. The summed E-state index contributed by atoms with van der Waals surface area (Å²) in [5.41, 5.74) is 2.21. The second kappa shape index (κ2) is 10.5. The van der Waals surface area contributed by atoms with Crippen molar-refractivity contribution in [2.24, 2.45) is 0 Å². The Morgan fingerprint density at radius 1 is 1.15 bits per heavy atom. The molecule has 1 aliphatic heterocycles. The van der Waals surface area contributed by atoms with E-state index in [4.69, 9.17) is 9.47 Å². The molecule has 3 rings (SSSR count). The molecule has 1 heterocycles. The van der Waals surface area contributed by atoms with Gasteiger partial charge in [0.2, 0.25) is 0 Å². The summed E-state index contributed by atoms with van der Waals surface area (Å²) in [6, 6.07) is 15.2. The van der Waals surface area contributed by atoms with Crippen LogP contribution in [-0.2, 0) is 11.3 Å². The van der Waals surface area contributed by atoms with Gasteiger partial charge in [-0.25, -0.2) is 4.39 Å². The van der Waals surface area contributed by atoms with Gasteiger partial charge in [0.25, 0.3) is 0 Å². The summed E-state index contributed by atoms with van der Waals surface area (Å²) in [6.45, 7) is 4.62. The minimum atomic E-state index is -0.184. The number of benzene rings is 2. The molecule has 1 unspecified atom stereocenters. The van der Waals surface area contributed by atoms with Crippen molar-refractivity contribution in [1.29, 1.82) is 0 Å². The molecule has 4 nitrogen and oxygen atoms in total. The summed E-state index contributed by atoms with van der Waals surface area (Å²) in [5.74, 6) is 0.670. The predicted octanol–water partition coefficient (Wildman–Crippen LogP) is 3.42. The number of nitrogens with zero attached hydrogens (tertiary/aromatic N) is 1. The summed E-state index contributed by atoms with van der Waals surface area (Å²) in [4.78, 5) is 2.39. The third-order valence-corrected chi connectivity index (χ3v) is 4.43. The van der Waals surface area contributed by atoms with Crippen LogP contribution in [0.1, 0.15) is 17.2 Å². The minimum absolute atomic E-state index is 0. The van der Waals surface area contributed by atoms with E-state index in [1.807, 2.05) is 18.2 Å². The first kappa shape index (κ1) is 20.6. The van der Waals surface area contributed by atoms with Gasteiger partial charge in [0, 0.05) is 39.3 Å². The van der Waals surface area contributed by atoms with Crippen LogP contribution in [-0.4, -0.2) is 44.9 Å². The van der Waals surface area contributed by atoms with Gasteiger partial charge in [0.15, 0.2) is 0 Å². The quantitative estimate of drug-likeness (QED) is 0.746.